The summed E-state index contributed by atoms with van der Waals surface area (Å²) in [5.74, 6) is 0. The zero-order valence-corrected chi connectivity index (χ0v) is 13.2. The van der Waals surface area contributed by atoms with Crippen molar-refractivity contribution in [3.05, 3.63) is 32.7 Å². The van der Waals surface area contributed by atoms with E-state index in [9.17, 15) is 8.42 Å². The van der Waals surface area contributed by atoms with E-state index in [1.807, 2.05) is 6.07 Å². The number of rotatable bonds is 4. The van der Waals surface area contributed by atoms with Crippen molar-refractivity contribution < 1.29 is 8.42 Å². The summed E-state index contributed by atoms with van der Waals surface area (Å²) in [5, 5.41) is 6.62. The Balaban J connectivity index is 2.30. The highest BCUT2D eigenvalue weighted by molar-refractivity contribution is 7.89. The first-order valence-corrected chi connectivity index (χ1v) is 8.18. The molecule has 0 aromatic carbocycles. The number of H-pyrrole nitrogens is 1. The Hall–Kier alpha value is -0.890. The molecule has 2 heterocycles. The van der Waals surface area contributed by atoms with E-state index in [0.717, 1.165) is 4.88 Å². The van der Waals surface area contributed by atoms with Gasteiger partial charge in [0.05, 0.1) is 15.7 Å². The normalized spacial score (nSPS) is 12.3. The molecule has 8 heteroatoms. The predicted octanol–water partition coefficient (Wildman–Crippen LogP) is 2.56. The van der Waals surface area contributed by atoms with Crippen molar-refractivity contribution in [2.45, 2.75) is 25.3 Å². The van der Waals surface area contributed by atoms with Crippen LogP contribution in [-0.4, -0.2) is 30.0 Å². The number of nitrogens with one attached hydrogen (secondary N) is 1. The standard InChI is InChI=1S/C11H14ClN3O2S2/c1-7-11(8(2)14-13-7)19(16,17)15(3)6-9-4-5-10(12)18-9/h4-5H,6H2,1-3H3,(H,13,14). The van der Waals surface area contributed by atoms with Gasteiger partial charge >= 0.3 is 0 Å². The molecular weight excluding hydrogens is 306 g/mol. The first kappa shape index (κ1) is 14.5. The molecule has 0 unspecified atom stereocenters. The van der Waals surface area contributed by atoms with Gasteiger partial charge in [-0.05, 0) is 26.0 Å². The van der Waals surface area contributed by atoms with Crippen LogP contribution in [0.1, 0.15) is 16.3 Å². The van der Waals surface area contributed by atoms with Crippen LogP contribution in [-0.2, 0) is 16.6 Å². The van der Waals surface area contributed by atoms with E-state index in [1.165, 1.54) is 15.6 Å². The monoisotopic (exact) mass is 319 g/mol. The Kier molecular flexibility index (Phi) is 4.00. The number of aromatic amines is 1. The highest BCUT2D eigenvalue weighted by Gasteiger charge is 2.27. The van der Waals surface area contributed by atoms with Gasteiger partial charge < -0.3 is 0 Å². The van der Waals surface area contributed by atoms with E-state index in [1.54, 1.807) is 27.0 Å². The Morgan fingerprint density at radius 3 is 2.58 bits per heavy atom. The van der Waals surface area contributed by atoms with Gasteiger partial charge in [0.1, 0.15) is 4.90 Å². The number of aryl methyl sites for hydroxylation is 2. The third-order valence-electron chi connectivity index (χ3n) is 2.74. The zero-order valence-electron chi connectivity index (χ0n) is 10.8. The molecule has 0 radical (unpaired) electrons. The molecule has 2 aromatic rings. The number of halogens is 1. The lowest BCUT2D eigenvalue weighted by Crippen LogP contribution is -2.27. The number of sulfonamides is 1. The highest BCUT2D eigenvalue weighted by Crippen LogP contribution is 2.26. The molecule has 0 aliphatic rings. The molecule has 0 spiro atoms. The highest BCUT2D eigenvalue weighted by atomic mass is 35.5. The lowest BCUT2D eigenvalue weighted by atomic mass is 10.4. The molecule has 0 aliphatic heterocycles. The van der Waals surface area contributed by atoms with Crippen LogP contribution in [0.3, 0.4) is 0 Å². The van der Waals surface area contributed by atoms with Crippen molar-refractivity contribution in [1.29, 1.82) is 0 Å². The molecule has 0 aliphatic carbocycles. The van der Waals surface area contributed by atoms with E-state index < -0.39 is 10.0 Å². The summed E-state index contributed by atoms with van der Waals surface area (Å²) in [6.45, 7) is 3.67. The van der Waals surface area contributed by atoms with Crippen LogP contribution in [0.25, 0.3) is 0 Å². The molecular formula is C11H14ClN3O2S2. The van der Waals surface area contributed by atoms with Gasteiger partial charge in [0.15, 0.2) is 0 Å². The third-order valence-corrected chi connectivity index (χ3v) is 6.02. The summed E-state index contributed by atoms with van der Waals surface area (Å²) in [7, 11) is -1.99. The molecule has 0 atom stereocenters. The zero-order chi connectivity index (χ0) is 14.2. The van der Waals surface area contributed by atoms with Crippen LogP contribution in [0.5, 0.6) is 0 Å². The van der Waals surface area contributed by atoms with E-state index in [4.69, 9.17) is 11.6 Å². The van der Waals surface area contributed by atoms with Crippen LogP contribution < -0.4 is 0 Å². The average molecular weight is 320 g/mol. The maximum Gasteiger partial charge on any atom is 0.246 e. The second kappa shape index (κ2) is 5.24. The fourth-order valence-electron chi connectivity index (χ4n) is 1.82. The van der Waals surface area contributed by atoms with Crippen molar-refractivity contribution >= 4 is 33.0 Å². The molecule has 0 amide bonds. The Morgan fingerprint density at radius 2 is 2.11 bits per heavy atom. The van der Waals surface area contributed by atoms with Gasteiger partial charge in [-0.1, -0.05) is 11.6 Å². The van der Waals surface area contributed by atoms with Crippen LogP contribution in [0, 0.1) is 13.8 Å². The predicted molar refractivity (Wildman–Crippen MR) is 76.0 cm³/mol. The second-order valence-electron chi connectivity index (χ2n) is 4.23. The molecule has 0 bridgehead atoms. The maximum absolute atomic E-state index is 12.5. The van der Waals surface area contributed by atoms with Crippen molar-refractivity contribution in [3.63, 3.8) is 0 Å². The third kappa shape index (κ3) is 2.84. The van der Waals surface area contributed by atoms with E-state index >= 15 is 0 Å². The molecule has 19 heavy (non-hydrogen) atoms. The van der Waals surface area contributed by atoms with Crippen LogP contribution in [0.4, 0.5) is 0 Å². The fourth-order valence-corrected chi connectivity index (χ4v) is 4.51. The van der Waals surface area contributed by atoms with Crippen LogP contribution in [0.15, 0.2) is 17.0 Å². The summed E-state index contributed by atoms with van der Waals surface area (Å²) in [5.41, 5.74) is 1.03. The van der Waals surface area contributed by atoms with Crippen LogP contribution in [0.2, 0.25) is 4.34 Å². The lowest BCUT2D eigenvalue weighted by Gasteiger charge is -2.16. The lowest BCUT2D eigenvalue weighted by molar-refractivity contribution is 0.469. The first-order valence-electron chi connectivity index (χ1n) is 5.54. The summed E-state index contributed by atoms with van der Waals surface area (Å²) in [6.07, 6.45) is 0. The van der Waals surface area contributed by atoms with Gasteiger partial charge in [0.2, 0.25) is 10.0 Å². The van der Waals surface area contributed by atoms with Gasteiger partial charge in [-0.25, -0.2) is 8.42 Å². The van der Waals surface area contributed by atoms with Gasteiger partial charge in [0.25, 0.3) is 0 Å². The minimum Gasteiger partial charge on any atom is -0.281 e. The Morgan fingerprint density at radius 1 is 1.42 bits per heavy atom. The summed E-state index contributed by atoms with van der Waals surface area (Å²) in [4.78, 5) is 1.15. The number of hydrogen-bond donors (Lipinski definition) is 1. The summed E-state index contributed by atoms with van der Waals surface area (Å²) < 4.78 is 26.9. The minimum atomic E-state index is -3.54. The Bertz CT molecular complexity index is 671. The van der Waals surface area contributed by atoms with E-state index in [-0.39, 0.29) is 4.90 Å². The average Bonchev–Trinajstić information content (AvgIpc) is 2.85. The molecule has 2 rings (SSSR count). The van der Waals surface area contributed by atoms with Gasteiger partial charge in [-0.2, -0.15) is 9.40 Å². The molecule has 104 valence electrons. The van der Waals surface area contributed by atoms with Gasteiger partial charge in [-0.15, -0.1) is 11.3 Å². The summed E-state index contributed by atoms with van der Waals surface area (Å²) in [6, 6.07) is 3.59. The quantitative estimate of drug-likeness (QED) is 0.941. The number of nitrogens with zero attached hydrogens (tertiary/aromatic N) is 2. The topological polar surface area (TPSA) is 66.1 Å². The fraction of sp³-hybridized carbons (Fsp3) is 0.364. The van der Waals surface area contributed by atoms with Crippen molar-refractivity contribution in [1.82, 2.24) is 14.5 Å². The molecule has 0 fully saturated rings. The van der Waals surface area contributed by atoms with E-state index in [0.29, 0.717) is 22.3 Å². The Labute approximate surface area is 121 Å². The summed E-state index contributed by atoms with van der Waals surface area (Å²) >= 11 is 7.22. The van der Waals surface area contributed by atoms with Crippen molar-refractivity contribution in [2.24, 2.45) is 0 Å². The molecule has 1 N–H and O–H groups in total. The van der Waals surface area contributed by atoms with Gasteiger partial charge in [0, 0.05) is 18.5 Å². The van der Waals surface area contributed by atoms with E-state index in [2.05, 4.69) is 10.2 Å². The second-order valence-corrected chi connectivity index (χ2v) is 8.01. The molecule has 0 saturated heterocycles. The van der Waals surface area contributed by atoms with Crippen LogP contribution >= 0.6 is 22.9 Å². The van der Waals surface area contributed by atoms with Crippen molar-refractivity contribution in [2.75, 3.05) is 7.05 Å². The minimum absolute atomic E-state index is 0.248. The maximum atomic E-state index is 12.5. The molecule has 0 saturated carbocycles. The van der Waals surface area contributed by atoms with Gasteiger partial charge in [-0.3, -0.25) is 5.10 Å². The first-order chi connectivity index (χ1) is 8.82. The largest absolute Gasteiger partial charge is 0.281 e. The SMILES string of the molecule is Cc1n[nH]c(C)c1S(=O)(=O)N(C)Cc1ccc(Cl)s1. The number of thiophene rings is 1. The molecule has 5 nitrogen and oxygen atoms in total. The molecule has 2 aromatic heterocycles. The number of hydrogen-bond acceptors (Lipinski definition) is 4. The van der Waals surface area contributed by atoms with Crippen molar-refractivity contribution in [3.8, 4) is 0 Å². The number of aromatic nitrogens is 2. The smallest absolute Gasteiger partial charge is 0.246 e.